The van der Waals surface area contributed by atoms with Gasteiger partial charge in [-0.3, -0.25) is 14.2 Å². The second kappa shape index (κ2) is 9.42. The van der Waals surface area contributed by atoms with Crippen LogP contribution in [0.5, 0.6) is 0 Å². The Labute approximate surface area is 202 Å². The third-order valence-electron chi connectivity index (χ3n) is 4.62. The molecule has 0 spiro atoms. The Morgan fingerprint density at radius 1 is 1.13 bits per heavy atom. The van der Waals surface area contributed by atoms with Gasteiger partial charge < -0.3 is 5.32 Å². The fraction of sp³-hybridized carbons (Fsp3) is 0.0870. The van der Waals surface area contributed by atoms with E-state index in [0.717, 1.165) is 14.8 Å². The van der Waals surface area contributed by atoms with Gasteiger partial charge in [0.15, 0.2) is 5.16 Å². The van der Waals surface area contributed by atoms with Gasteiger partial charge in [-0.05, 0) is 83.6 Å². The minimum atomic E-state index is -0.203. The maximum Gasteiger partial charge on any atom is 0.266 e. The molecule has 0 saturated heterocycles. The molecule has 1 amide bonds. The summed E-state index contributed by atoms with van der Waals surface area (Å²) < 4.78 is 2.60. The molecule has 1 N–H and O–H groups in total. The molecule has 0 aliphatic rings. The molecule has 0 saturated carbocycles. The van der Waals surface area contributed by atoms with Gasteiger partial charge in [-0.15, -0.1) is 0 Å². The molecule has 4 rings (SSSR count). The van der Waals surface area contributed by atoms with Crippen LogP contribution in [0.1, 0.15) is 5.56 Å². The van der Waals surface area contributed by atoms with Crippen molar-refractivity contribution in [3.63, 3.8) is 0 Å². The molecule has 0 aliphatic heterocycles. The fourth-order valence-electron chi connectivity index (χ4n) is 3.02. The number of amides is 1. The zero-order valence-corrected chi connectivity index (χ0v) is 20.2. The van der Waals surface area contributed by atoms with E-state index >= 15 is 0 Å². The van der Waals surface area contributed by atoms with Gasteiger partial charge in [-0.25, -0.2) is 4.98 Å². The van der Waals surface area contributed by atoms with Gasteiger partial charge in [-0.1, -0.05) is 41.6 Å². The molecular formula is C23H17ClIN3O2S. The number of anilines is 1. The Bertz CT molecular complexity index is 1340. The standard InChI is InChI=1S/C23H17ClIN3O2S/c1-14-6-11-17(12-19(14)24)28-22(30)18-4-2-3-5-20(18)27-23(28)31-13-21(29)26-16-9-7-15(25)8-10-16/h2-12H,13H2,1H3,(H,26,29). The lowest BCUT2D eigenvalue weighted by Gasteiger charge is -2.14. The number of thioether (sulfide) groups is 1. The highest BCUT2D eigenvalue weighted by Crippen LogP contribution is 2.25. The molecule has 1 heterocycles. The van der Waals surface area contributed by atoms with Gasteiger partial charge in [0.2, 0.25) is 5.91 Å². The summed E-state index contributed by atoms with van der Waals surface area (Å²) >= 11 is 9.73. The highest BCUT2D eigenvalue weighted by molar-refractivity contribution is 14.1. The first-order valence-electron chi connectivity index (χ1n) is 9.39. The van der Waals surface area contributed by atoms with E-state index in [-0.39, 0.29) is 17.2 Å². The van der Waals surface area contributed by atoms with Crippen LogP contribution in [0.25, 0.3) is 16.6 Å². The molecule has 4 aromatic rings. The molecule has 0 unspecified atom stereocenters. The lowest BCUT2D eigenvalue weighted by molar-refractivity contribution is -0.113. The van der Waals surface area contributed by atoms with E-state index in [1.807, 2.05) is 49.4 Å². The van der Waals surface area contributed by atoms with E-state index in [4.69, 9.17) is 11.6 Å². The third-order valence-corrected chi connectivity index (χ3v) is 6.68. The number of para-hydroxylation sites is 1. The van der Waals surface area contributed by atoms with Gasteiger partial charge in [0.05, 0.1) is 22.3 Å². The van der Waals surface area contributed by atoms with Crippen LogP contribution in [0.3, 0.4) is 0 Å². The van der Waals surface area contributed by atoms with Crippen molar-refractivity contribution in [2.45, 2.75) is 12.1 Å². The Hall–Kier alpha value is -2.36. The van der Waals surface area contributed by atoms with Crippen LogP contribution >= 0.6 is 46.0 Å². The summed E-state index contributed by atoms with van der Waals surface area (Å²) in [6.45, 7) is 1.90. The second-order valence-electron chi connectivity index (χ2n) is 6.83. The van der Waals surface area contributed by atoms with E-state index in [2.05, 4.69) is 32.9 Å². The summed E-state index contributed by atoms with van der Waals surface area (Å²) in [6.07, 6.45) is 0. The quantitative estimate of drug-likeness (QED) is 0.193. The van der Waals surface area contributed by atoms with Crippen LogP contribution in [-0.2, 0) is 4.79 Å². The van der Waals surface area contributed by atoms with Crippen LogP contribution in [0.15, 0.2) is 76.7 Å². The monoisotopic (exact) mass is 561 g/mol. The minimum Gasteiger partial charge on any atom is -0.325 e. The van der Waals surface area contributed by atoms with Crippen molar-refractivity contribution in [1.29, 1.82) is 0 Å². The van der Waals surface area contributed by atoms with Crippen molar-refractivity contribution in [3.8, 4) is 5.69 Å². The molecule has 156 valence electrons. The Kier molecular flexibility index (Phi) is 6.64. The molecule has 31 heavy (non-hydrogen) atoms. The summed E-state index contributed by atoms with van der Waals surface area (Å²) in [6, 6.07) is 20.1. The molecule has 3 aromatic carbocycles. The molecular weight excluding hydrogens is 545 g/mol. The fourth-order valence-corrected chi connectivity index (χ4v) is 4.37. The van der Waals surface area contributed by atoms with Crippen molar-refractivity contribution < 1.29 is 4.79 Å². The summed E-state index contributed by atoms with van der Waals surface area (Å²) in [4.78, 5) is 30.4. The normalized spacial score (nSPS) is 10.9. The van der Waals surface area contributed by atoms with E-state index < -0.39 is 0 Å². The van der Waals surface area contributed by atoms with Gasteiger partial charge in [-0.2, -0.15) is 0 Å². The number of carbonyl (C=O) groups excluding carboxylic acids is 1. The number of hydrogen-bond acceptors (Lipinski definition) is 4. The number of rotatable bonds is 5. The first kappa shape index (κ1) is 21.9. The van der Waals surface area contributed by atoms with E-state index in [1.165, 1.54) is 16.3 Å². The van der Waals surface area contributed by atoms with Crippen LogP contribution in [-0.4, -0.2) is 21.2 Å². The van der Waals surface area contributed by atoms with Crippen LogP contribution < -0.4 is 10.9 Å². The molecule has 0 bridgehead atoms. The molecule has 0 fully saturated rings. The topological polar surface area (TPSA) is 64.0 Å². The maximum absolute atomic E-state index is 13.3. The van der Waals surface area contributed by atoms with Crippen molar-refractivity contribution in [3.05, 3.63) is 91.2 Å². The molecule has 1 aromatic heterocycles. The lowest BCUT2D eigenvalue weighted by atomic mass is 10.2. The largest absolute Gasteiger partial charge is 0.325 e. The summed E-state index contributed by atoms with van der Waals surface area (Å²) in [5.41, 5.74) is 2.63. The Balaban J connectivity index is 1.68. The van der Waals surface area contributed by atoms with Crippen molar-refractivity contribution >= 4 is 68.5 Å². The molecule has 8 heteroatoms. The number of benzene rings is 3. The van der Waals surface area contributed by atoms with Crippen LogP contribution in [0, 0.1) is 10.5 Å². The number of aromatic nitrogens is 2. The lowest BCUT2D eigenvalue weighted by Crippen LogP contribution is -2.23. The number of nitrogens with one attached hydrogen (secondary N) is 1. The average molecular weight is 562 g/mol. The van der Waals surface area contributed by atoms with E-state index in [1.54, 1.807) is 24.3 Å². The summed E-state index contributed by atoms with van der Waals surface area (Å²) in [7, 11) is 0. The van der Waals surface area contributed by atoms with Crippen molar-refractivity contribution in [2.75, 3.05) is 11.1 Å². The Morgan fingerprint density at radius 3 is 2.61 bits per heavy atom. The Morgan fingerprint density at radius 2 is 1.87 bits per heavy atom. The number of carbonyl (C=O) groups is 1. The molecule has 0 atom stereocenters. The summed E-state index contributed by atoms with van der Waals surface area (Å²) in [5, 5.41) is 4.37. The number of halogens is 2. The first-order valence-corrected chi connectivity index (χ1v) is 11.8. The SMILES string of the molecule is Cc1ccc(-n2c(SCC(=O)Nc3ccc(I)cc3)nc3ccccc3c2=O)cc1Cl. The number of nitrogens with zero attached hydrogens (tertiary/aromatic N) is 2. The first-order chi connectivity index (χ1) is 14.9. The zero-order valence-electron chi connectivity index (χ0n) is 16.4. The molecule has 0 radical (unpaired) electrons. The van der Waals surface area contributed by atoms with Crippen molar-refractivity contribution in [1.82, 2.24) is 9.55 Å². The van der Waals surface area contributed by atoms with Gasteiger partial charge >= 0.3 is 0 Å². The smallest absolute Gasteiger partial charge is 0.266 e. The van der Waals surface area contributed by atoms with E-state index in [0.29, 0.717) is 26.8 Å². The third kappa shape index (κ3) is 4.94. The minimum absolute atomic E-state index is 0.108. The zero-order chi connectivity index (χ0) is 22.0. The number of hydrogen-bond donors (Lipinski definition) is 1. The predicted molar refractivity (Wildman–Crippen MR) is 136 cm³/mol. The second-order valence-corrected chi connectivity index (χ2v) is 9.42. The molecule has 5 nitrogen and oxygen atoms in total. The number of fused-ring (bicyclic) bond motifs is 1. The maximum atomic E-state index is 13.3. The van der Waals surface area contributed by atoms with E-state index in [9.17, 15) is 9.59 Å². The molecule has 0 aliphatic carbocycles. The van der Waals surface area contributed by atoms with Crippen molar-refractivity contribution in [2.24, 2.45) is 0 Å². The summed E-state index contributed by atoms with van der Waals surface area (Å²) in [5.74, 6) is -0.0711. The van der Waals surface area contributed by atoms with Crippen LogP contribution in [0.2, 0.25) is 5.02 Å². The van der Waals surface area contributed by atoms with Crippen LogP contribution in [0.4, 0.5) is 5.69 Å². The van der Waals surface area contributed by atoms with Gasteiger partial charge in [0.25, 0.3) is 5.56 Å². The predicted octanol–water partition coefficient (Wildman–Crippen LogP) is 5.68. The van der Waals surface area contributed by atoms with Gasteiger partial charge in [0, 0.05) is 14.3 Å². The average Bonchev–Trinajstić information content (AvgIpc) is 2.76. The van der Waals surface area contributed by atoms with Gasteiger partial charge in [0.1, 0.15) is 0 Å². The number of aryl methyl sites for hydroxylation is 1. The highest BCUT2D eigenvalue weighted by atomic mass is 127. The highest BCUT2D eigenvalue weighted by Gasteiger charge is 2.15.